The van der Waals surface area contributed by atoms with Crippen LogP contribution in [0.5, 0.6) is 0 Å². The Morgan fingerprint density at radius 1 is 1.30 bits per heavy atom. The third-order valence-corrected chi connectivity index (χ3v) is 3.56. The maximum Gasteiger partial charge on any atom is 0.295 e. The molecule has 106 valence electrons. The van der Waals surface area contributed by atoms with Gasteiger partial charge in [-0.25, -0.2) is 5.06 Å². The predicted octanol–water partition coefficient (Wildman–Crippen LogP) is 2.01. The van der Waals surface area contributed by atoms with Crippen LogP contribution in [0, 0.1) is 10.1 Å². The summed E-state index contributed by atoms with van der Waals surface area (Å²) in [6.07, 6.45) is 2.78. The molecular weight excluding hydrogens is 262 g/mol. The van der Waals surface area contributed by atoms with E-state index in [0.29, 0.717) is 37.4 Å². The first-order valence-corrected chi connectivity index (χ1v) is 6.67. The van der Waals surface area contributed by atoms with Gasteiger partial charge in [-0.2, -0.15) is 0 Å². The van der Waals surface area contributed by atoms with E-state index in [1.54, 1.807) is 17.2 Å². The molecule has 0 unspecified atom stereocenters. The van der Waals surface area contributed by atoms with Crippen LogP contribution in [0.15, 0.2) is 12.1 Å². The number of benzene rings is 1. The van der Waals surface area contributed by atoms with E-state index in [1.807, 2.05) is 0 Å². The van der Waals surface area contributed by atoms with Crippen molar-refractivity contribution in [1.82, 2.24) is 0 Å². The van der Waals surface area contributed by atoms with E-state index < -0.39 is 4.92 Å². The summed E-state index contributed by atoms with van der Waals surface area (Å²) in [5, 5.41) is 15.6. The lowest BCUT2D eigenvalue weighted by molar-refractivity contribution is -0.384. The summed E-state index contributed by atoms with van der Waals surface area (Å²) in [4.78, 5) is 27.8. The highest BCUT2D eigenvalue weighted by molar-refractivity contribution is 5.95. The fourth-order valence-electron chi connectivity index (χ4n) is 2.54. The molecule has 7 heteroatoms. The monoisotopic (exact) mass is 277 g/mol. The molecule has 0 spiro atoms. The topological polar surface area (TPSA) is 84.7 Å². The van der Waals surface area contributed by atoms with Gasteiger partial charge in [0.2, 0.25) is 5.91 Å². The average molecular weight is 277 g/mol. The van der Waals surface area contributed by atoms with Crippen molar-refractivity contribution < 1.29 is 14.6 Å². The van der Waals surface area contributed by atoms with Gasteiger partial charge >= 0.3 is 0 Å². The summed E-state index contributed by atoms with van der Waals surface area (Å²) >= 11 is 0. The van der Waals surface area contributed by atoms with Crippen molar-refractivity contribution in [2.75, 3.05) is 23.5 Å². The normalized spacial score (nSPS) is 18.4. The second-order valence-electron chi connectivity index (χ2n) is 4.95. The molecule has 1 amide bonds. The summed E-state index contributed by atoms with van der Waals surface area (Å²) in [6, 6.07) is 3.19. The van der Waals surface area contributed by atoms with E-state index in [9.17, 15) is 14.9 Å². The lowest BCUT2D eigenvalue weighted by Crippen LogP contribution is -2.31. The van der Waals surface area contributed by atoms with Crippen LogP contribution in [0.25, 0.3) is 0 Å². The van der Waals surface area contributed by atoms with Crippen LogP contribution in [-0.4, -0.2) is 24.0 Å². The quantitative estimate of drug-likeness (QED) is 0.660. The SMILES string of the molecule is O=C1CCc2cc([N+](=O)[O-])c(N3CCCCO3)cc2N1. The summed E-state index contributed by atoms with van der Waals surface area (Å²) in [5.41, 5.74) is 1.89. The number of carbonyl (C=O) groups is 1. The molecule has 0 saturated carbocycles. The summed E-state index contributed by atoms with van der Waals surface area (Å²) in [7, 11) is 0. The number of nitrogens with one attached hydrogen (secondary N) is 1. The zero-order valence-corrected chi connectivity index (χ0v) is 10.9. The highest BCUT2D eigenvalue weighted by Gasteiger charge is 2.27. The van der Waals surface area contributed by atoms with Gasteiger partial charge in [-0.1, -0.05) is 0 Å². The number of rotatable bonds is 2. The minimum absolute atomic E-state index is 0.0294. The number of hydrogen-bond donors (Lipinski definition) is 1. The van der Waals surface area contributed by atoms with Crippen molar-refractivity contribution >= 4 is 23.0 Å². The van der Waals surface area contributed by atoms with E-state index in [4.69, 9.17) is 4.84 Å². The smallest absolute Gasteiger partial charge is 0.295 e. The number of hydrogen-bond acceptors (Lipinski definition) is 5. The van der Waals surface area contributed by atoms with Gasteiger partial charge in [0.05, 0.1) is 11.5 Å². The number of nitro groups is 1. The van der Waals surface area contributed by atoms with Crippen LogP contribution in [0.4, 0.5) is 17.1 Å². The maximum atomic E-state index is 11.4. The number of amides is 1. The molecule has 1 aromatic rings. The van der Waals surface area contributed by atoms with Crippen molar-refractivity contribution in [2.45, 2.75) is 25.7 Å². The molecule has 0 aromatic heterocycles. The second kappa shape index (κ2) is 5.09. The molecule has 0 bridgehead atoms. The molecule has 2 heterocycles. The van der Waals surface area contributed by atoms with Gasteiger partial charge in [0, 0.05) is 24.7 Å². The van der Waals surface area contributed by atoms with Gasteiger partial charge in [-0.05, 0) is 30.9 Å². The van der Waals surface area contributed by atoms with Crippen LogP contribution in [0.1, 0.15) is 24.8 Å². The van der Waals surface area contributed by atoms with Gasteiger partial charge in [-0.3, -0.25) is 19.7 Å². The standard InChI is InChI=1S/C13H15N3O4/c17-13-4-3-9-7-12(16(18)19)11(8-10(9)14-13)15-5-1-2-6-20-15/h7-8H,1-6H2,(H,14,17). The van der Waals surface area contributed by atoms with E-state index >= 15 is 0 Å². The van der Waals surface area contributed by atoms with Crippen molar-refractivity contribution in [2.24, 2.45) is 0 Å². The zero-order valence-electron chi connectivity index (χ0n) is 10.9. The van der Waals surface area contributed by atoms with Crippen LogP contribution in [0.2, 0.25) is 0 Å². The van der Waals surface area contributed by atoms with E-state index in [-0.39, 0.29) is 11.6 Å². The Hall–Kier alpha value is -2.15. The molecule has 7 nitrogen and oxygen atoms in total. The van der Waals surface area contributed by atoms with Gasteiger partial charge in [0.1, 0.15) is 5.69 Å². The summed E-state index contributed by atoms with van der Waals surface area (Å²) in [6.45, 7) is 1.17. The Morgan fingerprint density at radius 3 is 2.85 bits per heavy atom. The molecule has 1 fully saturated rings. The first-order valence-electron chi connectivity index (χ1n) is 6.67. The lowest BCUT2D eigenvalue weighted by atomic mass is 10.0. The van der Waals surface area contributed by atoms with Gasteiger partial charge in [-0.15, -0.1) is 0 Å². The minimum Gasteiger partial charge on any atom is -0.326 e. The number of carbonyl (C=O) groups excluding carboxylic acids is 1. The largest absolute Gasteiger partial charge is 0.326 e. The van der Waals surface area contributed by atoms with Gasteiger partial charge in [0.25, 0.3) is 5.69 Å². The van der Waals surface area contributed by atoms with Crippen molar-refractivity contribution in [3.8, 4) is 0 Å². The first kappa shape index (κ1) is 12.9. The van der Waals surface area contributed by atoms with Crippen LogP contribution < -0.4 is 10.4 Å². The molecule has 1 saturated heterocycles. The highest BCUT2D eigenvalue weighted by atomic mass is 16.7. The van der Waals surface area contributed by atoms with Crippen molar-refractivity contribution in [3.05, 3.63) is 27.8 Å². The number of nitrogens with zero attached hydrogens (tertiary/aromatic N) is 2. The Bertz CT molecular complexity index is 567. The van der Waals surface area contributed by atoms with E-state index in [2.05, 4.69) is 5.32 Å². The van der Waals surface area contributed by atoms with Crippen LogP contribution in [-0.2, 0) is 16.1 Å². The molecular formula is C13H15N3O4. The Labute approximate surface area is 115 Å². The third-order valence-electron chi connectivity index (χ3n) is 3.56. The number of fused-ring (bicyclic) bond motifs is 1. The average Bonchev–Trinajstić information content (AvgIpc) is 2.46. The van der Waals surface area contributed by atoms with Crippen molar-refractivity contribution in [3.63, 3.8) is 0 Å². The molecule has 0 atom stereocenters. The highest BCUT2D eigenvalue weighted by Crippen LogP contribution is 2.37. The predicted molar refractivity (Wildman–Crippen MR) is 72.6 cm³/mol. The molecule has 20 heavy (non-hydrogen) atoms. The molecule has 2 aliphatic heterocycles. The fourth-order valence-corrected chi connectivity index (χ4v) is 2.54. The molecule has 0 radical (unpaired) electrons. The maximum absolute atomic E-state index is 11.4. The molecule has 3 rings (SSSR count). The zero-order chi connectivity index (χ0) is 14.1. The summed E-state index contributed by atoms with van der Waals surface area (Å²) < 4.78 is 0. The minimum atomic E-state index is -0.399. The summed E-state index contributed by atoms with van der Waals surface area (Å²) in [5.74, 6) is -0.0585. The molecule has 0 aliphatic carbocycles. The number of aryl methyl sites for hydroxylation is 1. The number of hydroxylamine groups is 1. The van der Waals surface area contributed by atoms with Crippen molar-refractivity contribution in [1.29, 1.82) is 0 Å². The number of anilines is 2. The van der Waals surface area contributed by atoms with Crippen LogP contribution >= 0.6 is 0 Å². The van der Waals surface area contributed by atoms with Gasteiger partial charge < -0.3 is 5.32 Å². The second-order valence-corrected chi connectivity index (χ2v) is 4.95. The lowest BCUT2D eigenvalue weighted by Gasteiger charge is -2.28. The van der Waals surface area contributed by atoms with Crippen LogP contribution in [0.3, 0.4) is 0 Å². The fraction of sp³-hybridized carbons (Fsp3) is 0.462. The van der Waals surface area contributed by atoms with Gasteiger partial charge in [0.15, 0.2) is 0 Å². The van der Waals surface area contributed by atoms with E-state index in [0.717, 1.165) is 18.4 Å². The molecule has 1 N–H and O–H groups in total. The third kappa shape index (κ3) is 2.32. The number of nitro benzene ring substituents is 1. The van der Waals surface area contributed by atoms with E-state index in [1.165, 1.54) is 0 Å². The Balaban J connectivity index is 2.03. The first-order chi connectivity index (χ1) is 9.65. The Kier molecular flexibility index (Phi) is 3.27. The Morgan fingerprint density at radius 2 is 2.15 bits per heavy atom. The molecule has 1 aromatic carbocycles. The molecule has 2 aliphatic rings.